The zero-order chi connectivity index (χ0) is 34.0. The number of hydrogen-bond donors (Lipinski definition) is 2. The molecule has 4 rings (SSSR count). The van der Waals surface area contributed by atoms with Crippen LogP contribution in [-0.2, 0) is 29.2 Å². The molecule has 2 N–H and O–H groups in total. The molecule has 1 aromatic carbocycles. The SMILES string of the molecule is CCOC(=O)N1CCC(CC(=O)Nc2ccn(CCC(F)Cn3cc(C(=O)NCc4cccc(OC(C)(F)F)c4)nn3)c(=O)c2)CC1. The second-order valence-corrected chi connectivity index (χ2v) is 11.3. The van der Waals surface area contributed by atoms with Gasteiger partial charge in [-0.25, -0.2) is 13.9 Å². The van der Waals surface area contributed by atoms with Crippen LogP contribution >= 0.6 is 0 Å². The number of aromatic nitrogens is 4. The van der Waals surface area contributed by atoms with Gasteiger partial charge in [-0.1, -0.05) is 17.3 Å². The van der Waals surface area contributed by atoms with Crippen molar-refractivity contribution in [2.75, 3.05) is 25.0 Å². The highest BCUT2D eigenvalue weighted by Gasteiger charge is 2.25. The topological polar surface area (TPSA) is 150 Å². The minimum atomic E-state index is -3.34. The lowest BCUT2D eigenvalue weighted by atomic mass is 9.93. The van der Waals surface area contributed by atoms with Crippen molar-refractivity contribution < 1.29 is 37.0 Å². The van der Waals surface area contributed by atoms with Crippen LogP contribution in [0.1, 0.15) is 55.6 Å². The third-order valence-electron chi connectivity index (χ3n) is 7.38. The van der Waals surface area contributed by atoms with E-state index in [4.69, 9.17) is 4.74 Å². The molecule has 47 heavy (non-hydrogen) atoms. The van der Waals surface area contributed by atoms with E-state index >= 15 is 0 Å². The van der Waals surface area contributed by atoms with Crippen molar-refractivity contribution in [1.82, 2.24) is 29.8 Å². The fourth-order valence-corrected chi connectivity index (χ4v) is 5.04. The predicted octanol–water partition coefficient (Wildman–Crippen LogP) is 3.99. The number of benzene rings is 1. The lowest BCUT2D eigenvalue weighted by Gasteiger charge is -2.30. The fourth-order valence-electron chi connectivity index (χ4n) is 5.04. The maximum absolute atomic E-state index is 14.8. The summed E-state index contributed by atoms with van der Waals surface area (Å²) >= 11 is 0. The van der Waals surface area contributed by atoms with Crippen LogP contribution in [0.25, 0.3) is 0 Å². The van der Waals surface area contributed by atoms with Crippen LogP contribution < -0.4 is 20.9 Å². The summed E-state index contributed by atoms with van der Waals surface area (Å²) in [6, 6.07) is 8.74. The molecule has 254 valence electrons. The van der Waals surface area contributed by atoms with Gasteiger partial charge in [0.15, 0.2) is 5.69 Å². The summed E-state index contributed by atoms with van der Waals surface area (Å²) in [5, 5.41) is 12.9. The molecule has 16 heteroatoms. The third-order valence-corrected chi connectivity index (χ3v) is 7.38. The van der Waals surface area contributed by atoms with Crippen LogP contribution in [0.3, 0.4) is 0 Å². The van der Waals surface area contributed by atoms with Gasteiger partial charge in [0.25, 0.3) is 11.5 Å². The molecule has 0 aliphatic carbocycles. The summed E-state index contributed by atoms with van der Waals surface area (Å²) < 4.78 is 53.0. The molecule has 0 spiro atoms. The normalized spacial score (nSPS) is 14.4. The monoisotopic (exact) mass is 661 g/mol. The standard InChI is InChI=1S/C31H38F3N7O6/c1-3-46-30(45)40-11-7-21(8-12-40)16-27(42)36-24-10-14-39(28(43)17-24)13-9-23(32)19-41-20-26(37-38-41)29(44)35-18-22-5-4-6-25(15-22)47-31(2,33)34/h4-6,10,14-15,17,20-21,23H,3,7-9,11-13,16,18-19H2,1-2H3,(H,35,44)(H,36,42). The quantitative estimate of drug-likeness (QED) is 0.264. The number of aryl methyl sites for hydroxylation is 1. The van der Waals surface area contributed by atoms with Crippen LogP contribution in [-0.4, -0.2) is 74.3 Å². The molecule has 3 amide bonds. The lowest BCUT2D eigenvalue weighted by Crippen LogP contribution is -2.39. The summed E-state index contributed by atoms with van der Waals surface area (Å²) in [6.07, 6.45) is -0.729. The van der Waals surface area contributed by atoms with Crippen molar-refractivity contribution in [3.05, 3.63) is 70.4 Å². The Morgan fingerprint density at radius 1 is 1.15 bits per heavy atom. The van der Waals surface area contributed by atoms with Gasteiger partial charge in [0.1, 0.15) is 11.9 Å². The first-order valence-electron chi connectivity index (χ1n) is 15.3. The number of carbonyl (C=O) groups is 3. The number of ether oxygens (including phenoxy) is 2. The second-order valence-electron chi connectivity index (χ2n) is 11.3. The number of hydrogen-bond acceptors (Lipinski definition) is 8. The number of likely N-dealkylation sites (tertiary alicyclic amines) is 1. The summed E-state index contributed by atoms with van der Waals surface area (Å²) in [6.45, 7) is 3.61. The minimum Gasteiger partial charge on any atom is -0.450 e. The van der Waals surface area contributed by atoms with E-state index in [1.165, 1.54) is 45.9 Å². The molecule has 3 aromatic rings. The molecular weight excluding hydrogens is 623 g/mol. The molecule has 1 fully saturated rings. The highest BCUT2D eigenvalue weighted by atomic mass is 19.3. The van der Waals surface area contributed by atoms with Crippen LogP contribution in [0.5, 0.6) is 5.75 Å². The number of pyridine rings is 1. The maximum Gasteiger partial charge on any atom is 0.409 e. The highest BCUT2D eigenvalue weighted by molar-refractivity contribution is 5.92. The first-order chi connectivity index (χ1) is 22.4. The van der Waals surface area contributed by atoms with Gasteiger partial charge in [-0.2, -0.15) is 8.78 Å². The molecule has 1 atom stereocenters. The molecule has 1 aliphatic heterocycles. The smallest absolute Gasteiger partial charge is 0.409 e. The van der Waals surface area contributed by atoms with Crippen molar-refractivity contribution in [2.24, 2.45) is 5.92 Å². The summed E-state index contributed by atoms with van der Waals surface area (Å²) in [5.74, 6) is -0.755. The fraction of sp³-hybridized carbons (Fsp3) is 0.484. The molecule has 13 nitrogen and oxygen atoms in total. The lowest BCUT2D eigenvalue weighted by molar-refractivity contribution is -0.159. The van der Waals surface area contributed by atoms with E-state index in [2.05, 4.69) is 25.7 Å². The van der Waals surface area contributed by atoms with Crippen molar-refractivity contribution in [2.45, 2.75) is 71.4 Å². The number of alkyl halides is 3. The van der Waals surface area contributed by atoms with Crippen molar-refractivity contribution in [3.63, 3.8) is 0 Å². The van der Waals surface area contributed by atoms with E-state index < -0.39 is 23.7 Å². The number of rotatable bonds is 14. The van der Waals surface area contributed by atoms with E-state index in [-0.39, 0.29) is 61.8 Å². The minimum absolute atomic E-state index is 0.0130. The predicted molar refractivity (Wildman–Crippen MR) is 164 cm³/mol. The van der Waals surface area contributed by atoms with Crippen molar-refractivity contribution in [1.29, 1.82) is 0 Å². The van der Waals surface area contributed by atoms with E-state index in [9.17, 15) is 32.3 Å². The second kappa shape index (κ2) is 16.1. The first-order valence-corrected chi connectivity index (χ1v) is 15.3. The van der Waals surface area contributed by atoms with Crippen LogP contribution in [0, 0.1) is 5.92 Å². The molecule has 0 radical (unpaired) electrons. The van der Waals surface area contributed by atoms with Gasteiger partial charge in [-0.15, -0.1) is 5.10 Å². The Morgan fingerprint density at radius 2 is 1.91 bits per heavy atom. The van der Waals surface area contributed by atoms with Crippen LogP contribution in [0.4, 0.5) is 23.7 Å². The molecule has 2 aromatic heterocycles. The average molecular weight is 662 g/mol. The molecule has 1 aliphatic rings. The molecule has 0 saturated carbocycles. The van der Waals surface area contributed by atoms with Gasteiger partial charge in [0, 0.05) is 57.5 Å². The zero-order valence-electron chi connectivity index (χ0n) is 26.2. The van der Waals surface area contributed by atoms with Gasteiger partial charge in [0.05, 0.1) is 19.3 Å². The largest absolute Gasteiger partial charge is 0.450 e. The first kappa shape index (κ1) is 35.0. The van der Waals surface area contributed by atoms with Crippen molar-refractivity contribution in [3.8, 4) is 5.75 Å². The summed E-state index contributed by atoms with van der Waals surface area (Å²) in [4.78, 5) is 51.1. The van der Waals surface area contributed by atoms with E-state index in [1.54, 1.807) is 24.0 Å². The zero-order valence-corrected chi connectivity index (χ0v) is 26.2. The highest BCUT2D eigenvalue weighted by Crippen LogP contribution is 2.23. The van der Waals surface area contributed by atoms with Crippen LogP contribution in [0.15, 0.2) is 53.6 Å². The summed E-state index contributed by atoms with van der Waals surface area (Å²) in [5.41, 5.74) is 0.402. The Balaban J connectivity index is 1.18. The Labute approximate surface area is 269 Å². The Kier molecular flexibility index (Phi) is 12.0. The molecule has 3 heterocycles. The number of piperidine rings is 1. The molecule has 0 bridgehead atoms. The van der Waals surface area contributed by atoms with Gasteiger partial charge in [-0.3, -0.25) is 14.4 Å². The van der Waals surface area contributed by atoms with Gasteiger partial charge >= 0.3 is 12.2 Å². The van der Waals surface area contributed by atoms with Gasteiger partial charge in [-0.05, 0) is 55.9 Å². The number of amides is 3. The number of halogens is 3. The maximum atomic E-state index is 14.8. The van der Waals surface area contributed by atoms with E-state index in [0.717, 1.165) is 0 Å². The van der Waals surface area contributed by atoms with E-state index in [1.807, 2.05) is 0 Å². The molecular formula is C31H38F3N7O6. The van der Waals surface area contributed by atoms with Crippen LogP contribution in [0.2, 0.25) is 0 Å². The van der Waals surface area contributed by atoms with Crippen molar-refractivity contribution >= 4 is 23.6 Å². The number of carbonyl (C=O) groups excluding carboxylic acids is 3. The molecule has 1 saturated heterocycles. The Morgan fingerprint density at radius 3 is 2.62 bits per heavy atom. The number of nitrogens with zero attached hydrogens (tertiary/aromatic N) is 5. The summed E-state index contributed by atoms with van der Waals surface area (Å²) in [7, 11) is 0. The number of nitrogens with one attached hydrogen (secondary N) is 2. The third kappa shape index (κ3) is 11.1. The number of anilines is 1. The molecule has 1 unspecified atom stereocenters. The van der Waals surface area contributed by atoms with Gasteiger partial charge < -0.3 is 29.6 Å². The average Bonchev–Trinajstić information content (AvgIpc) is 3.47. The van der Waals surface area contributed by atoms with E-state index in [0.29, 0.717) is 50.7 Å². The Bertz CT molecular complexity index is 1580. The Hall–Kier alpha value is -4.89. The van der Waals surface area contributed by atoms with Gasteiger partial charge in [0.2, 0.25) is 5.91 Å².